The Labute approximate surface area is 175 Å². The number of ether oxygens (including phenoxy) is 1. The van der Waals surface area contributed by atoms with Crippen molar-refractivity contribution in [3.8, 4) is 0 Å². The standard InChI is InChI=1S/C19H16BrN3O4S/c20-12-1-3-13(4-2-12)23-18(25)15(17(24)21-19(23)28)11-14-5-6-16(27-14)22-7-9-26-10-8-22/h1-6,11H,7-10H2,(H,21,24,28). The van der Waals surface area contributed by atoms with Crippen LogP contribution in [0.2, 0.25) is 0 Å². The van der Waals surface area contributed by atoms with E-state index in [1.165, 1.54) is 11.0 Å². The minimum atomic E-state index is -0.548. The third kappa shape index (κ3) is 3.73. The fourth-order valence-electron chi connectivity index (χ4n) is 3.00. The minimum absolute atomic E-state index is 0.0422. The molecule has 4 rings (SSSR count). The molecule has 2 fully saturated rings. The lowest BCUT2D eigenvalue weighted by molar-refractivity contribution is -0.122. The molecule has 28 heavy (non-hydrogen) atoms. The Balaban J connectivity index is 1.61. The van der Waals surface area contributed by atoms with E-state index in [1.54, 1.807) is 30.3 Å². The van der Waals surface area contributed by atoms with Crippen molar-refractivity contribution < 1.29 is 18.7 Å². The number of carbonyl (C=O) groups is 2. The molecule has 2 aromatic rings. The highest BCUT2D eigenvalue weighted by atomic mass is 79.9. The van der Waals surface area contributed by atoms with Crippen molar-refractivity contribution in [1.29, 1.82) is 0 Å². The van der Waals surface area contributed by atoms with Gasteiger partial charge < -0.3 is 14.1 Å². The van der Waals surface area contributed by atoms with Crippen LogP contribution in [-0.2, 0) is 14.3 Å². The molecule has 2 amide bonds. The zero-order chi connectivity index (χ0) is 19.7. The predicted octanol–water partition coefficient (Wildman–Crippen LogP) is 2.71. The van der Waals surface area contributed by atoms with Gasteiger partial charge in [0.2, 0.25) is 0 Å². The zero-order valence-corrected chi connectivity index (χ0v) is 17.1. The van der Waals surface area contributed by atoms with Crippen LogP contribution in [0.15, 0.2) is 50.9 Å². The van der Waals surface area contributed by atoms with E-state index in [0.717, 1.165) is 17.6 Å². The van der Waals surface area contributed by atoms with E-state index in [1.807, 2.05) is 6.07 Å². The number of nitrogens with zero attached hydrogens (tertiary/aromatic N) is 2. The molecule has 0 radical (unpaired) electrons. The Morgan fingerprint density at radius 3 is 2.50 bits per heavy atom. The van der Waals surface area contributed by atoms with E-state index in [0.29, 0.717) is 30.5 Å². The molecule has 9 heteroatoms. The quantitative estimate of drug-likeness (QED) is 0.430. The molecule has 2 aliphatic rings. The van der Waals surface area contributed by atoms with E-state index in [4.69, 9.17) is 21.4 Å². The maximum atomic E-state index is 13.0. The van der Waals surface area contributed by atoms with Crippen LogP contribution in [0.1, 0.15) is 5.76 Å². The molecule has 3 heterocycles. The molecule has 7 nitrogen and oxygen atoms in total. The van der Waals surface area contributed by atoms with Crippen molar-refractivity contribution >= 4 is 62.7 Å². The summed E-state index contributed by atoms with van der Waals surface area (Å²) in [6.45, 7) is 2.73. The highest BCUT2D eigenvalue weighted by Crippen LogP contribution is 2.26. The second-order valence-electron chi connectivity index (χ2n) is 6.21. The van der Waals surface area contributed by atoms with Gasteiger partial charge in [-0.2, -0.15) is 0 Å². The Morgan fingerprint density at radius 2 is 1.79 bits per heavy atom. The third-order valence-corrected chi connectivity index (χ3v) is 5.22. The molecule has 0 spiro atoms. The van der Waals surface area contributed by atoms with Gasteiger partial charge in [0.25, 0.3) is 11.8 Å². The fourth-order valence-corrected chi connectivity index (χ4v) is 3.54. The summed E-state index contributed by atoms with van der Waals surface area (Å²) in [5, 5.41) is 2.61. The molecule has 1 aromatic heterocycles. The molecule has 1 aromatic carbocycles. The maximum Gasteiger partial charge on any atom is 0.270 e. The summed E-state index contributed by atoms with van der Waals surface area (Å²) < 4.78 is 12.0. The van der Waals surface area contributed by atoms with E-state index in [-0.39, 0.29) is 10.7 Å². The predicted molar refractivity (Wildman–Crippen MR) is 112 cm³/mol. The van der Waals surface area contributed by atoms with Crippen LogP contribution in [0.25, 0.3) is 6.08 Å². The summed E-state index contributed by atoms with van der Waals surface area (Å²) >= 11 is 8.55. The molecular weight excluding hydrogens is 446 g/mol. The minimum Gasteiger partial charge on any atom is -0.441 e. The molecule has 0 atom stereocenters. The normalized spacial score (nSPS) is 19.3. The fraction of sp³-hybridized carbons (Fsp3) is 0.211. The highest BCUT2D eigenvalue weighted by Gasteiger charge is 2.34. The average molecular weight is 462 g/mol. The number of anilines is 2. The van der Waals surface area contributed by atoms with Crippen molar-refractivity contribution in [3.63, 3.8) is 0 Å². The Hall–Kier alpha value is -2.49. The Morgan fingerprint density at radius 1 is 1.07 bits per heavy atom. The molecule has 0 saturated carbocycles. The van der Waals surface area contributed by atoms with Gasteiger partial charge in [-0.05, 0) is 48.6 Å². The van der Waals surface area contributed by atoms with E-state index >= 15 is 0 Å². The van der Waals surface area contributed by atoms with Crippen LogP contribution in [0.4, 0.5) is 11.6 Å². The van der Waals surface area contributed by atoms with Gasteiger partial charge in [-0.3, -0.25) is 19.8 Å². The lowest BCUT2D eigenvalue weighted by Crippen LogP contribution is -2.54. The number of thiocarbonyl (C=S) groups is 1. The van der Waals surface area contributed by atoms with Crippen LogP contribution < -0.4 is 15.1 Å². The number of hydrogen-bond donors (Lipinski definition) is 1. The van der Waals surface area contributed by atoms with E-state index in [2.05, 4.69) is 26.1 Å². The first-order chi connectivity index (χ1) is 13.5. The number of amides is 2. The molecule has 0 bridgehead atoms. The van der Waals surface area contributed by atoms with Crippen molar-refractivity contribution in [1.82, 2.24) is 5.32 Å². The average Bonchev–Trinajstić information content (AvgIpc) is 3.16. The molecule has 1 N–H and O–H groups in total. The van der Waals surface area contributed by atoms with Gasteiger partial charge in [-0.1, -0.05) is 15.9 Å². The van der Waals surface area contributed by atoms with Gasteiger partial charge in [-0.15, -0.1) is 0 Å². The van der Waals surface area contributed by atoms with Crippen molar-refractivity contribution in [2.24, 2.45) is 0 Å². The molecule has 2 saturated heterocycles. The summed E-state index contributed by atoms with van der Waals surface area (Å²) in [7, 11) is 0. The van der Waals surface area contributed by atoms with Gasteiger partial charge in [0, 0.05) is 23.6 Å². The lowest BCUT2D eigenvalue weighted by Gasteiger charge is -2.28. The SMILES string of the molecule is O=C1NC(=S)N(c2ccc(Br)cc2)C(=O)C1=Cc1ccc(N2CCOCC2)o1. The van der Waals surface area contributed by atoms with Crippen molar-refractivity contribution in [3.05, 3.63) is 52.2 Å². The summed E-state index contributed by atoms with van der Waals surface area (Å²) in [4.78, 5) is 28.7. The number of halogens is 1. The molecular formula is C19H16BrN3O4S. The topological polar surface area (TPSA) is 75.0 Å². The summed E-state index contributed by atoms with van der Waals surface area (Å²) in [6.07, 6.45) is 1.44. The lowest BCUT2D eigenvalue weighted by atomic mass is 10.1. The van der Waals surface area contributed by atoms with Crippen LogP contribution in [0.3, 0.4) is 0 Å². The monoisotopic (exact) mass is 461 g/mol. The van der Waals surface area contributed by atoms with Crippen LogP contribution in [0, 0.1) is 0 Å². The first-order valence-corrected chi connectivity index (χ1v) is 9.82. The second-order valence-corrected chi connectivity index (χ2v) is 7.51. The van der Waals surface area contributed by atoms with Gasteiger partial charge in [0.15, 0.2) is 11.0 Å². The van der Waals surface area contributed by atoms with Crippen LogP contribution in [-0.4, -0.2) is 43.2 Å². The van der Waals surface area contributed by atoms with Gasteiger partial charge in [0.05, 0.1) is 18.9 Å². The summed E-state index contributed by atoms with van der Waals surface area (Å²) in [6, 6.07) is 10.6. The van der Waals surface area contributed by atoms with Crippen molar-refractivity contribution in [2.45, 2.75) is 0 Å². The summed E-state index contributed by atoms with van der Waals surface area (Å²) in [5.74, 6) is 0.0516. The van der Waals surface area contributed by atoms with Gasteiger partial charge in [-0.25, -0.2) is 0 Å². The number of morpholine rings is 1. The number of carbonyl (C=O) groups excluding carboxylic acids is 2. The van der Waals surface area contributed by atoms with Crippen LogP contribution >= 0.6 is 28.1 Å². The smallest absolute Gasteiger partial charge is 0.270 e. The number of benzene rings is 1. The molecule has 2 aliphatic heterocycles. The van der Waals surface area contributed by atoms with Gasteiger partial charge in [0.1, 0.15) is 11.3 Å². The second kappa shape index (κ2) is 7.86. The number of hydrogen-bond acceptors (Lipinski definition) is 6. The first-order valence-electron chi connectivity index (χ1n) is 8.62. The van der Waals surface area contributed by atoms with Crippen LogP contribution in [0.5, 0.6) is 0 Å². The highest BCUT2D eigenvalue weighted by molar-refractivity contribution is 9.10. The molecule has 0 unspecified atom stereocenters. The van der Waals surface area contributed by atoms with Gasteiger partial charge >= 0.3 is 0 Å². The first kappa shape index (κ1) is 18.9. The number of furan rings is 1. The van der Waals surface area contributed by atoms with E-state index in [9.17, 15) is 9.59 Å². The number of nitrogens with one attached hydrogen (secondary N) is 1. The third-order valence-electron chi connectivity index (χ3n) is 4.41. The van der Waals surface area contributed by atoms with E-state index < -0.39 is 11.8 Å². The Bertz CT molecular complexity index is 964. The zero-order valence-electron chi connectivity index (χ0n) is 14.7. The maximum absolute atomic E-state index is 13.0. The largest absolute Gasteiger partial charge is 0.441 e. The molecule has 144 valence electrons. The van der Waals surface area contributed by atoms with Crippen molar-refractivity contribution in [2.75, 3.05) is 36.1 Å². The summed E-state index contributed by atoms with van der Waals surface area (Å²) in [5.41, 5.74) is 0.525. The Kier molecular flexibility index (Phi) is 5.29. The number of rotatable bonds is 3. The molecule has 0 aliphatic carbocycles.